The average molecular weight is 395 g/mol. The van der Waals surface area contributed by atoms with Gasteiger partial charge in [-0.1, -0.05) is 41.9 Å². The molecule has 0 bridgehead atoms. The van der Waals surface area contributed by atoms with Gasteiger partial charge in [0, 0.05) is 43.4 Å². The second-order valence-corrected chi connectivity index (χ2v) is 7.31. The van der Waals surface area contributed by atoms with E-state index in [4.69, 9.17) is 11.6 Å². The van der Waals surface area contributed by atoms with Crippen LogP contribution in [0, 0.1) is 6.92 Å². The van der Waals surface area contributed by atoms with Crippen LogP contribution in [0.1, 0.15) is 11.1 Å². The van der Waals surface area contributed by atoms with Crippen LogP contribution in [0.2, 0.25) is 5.02 Å². The van der Waals surface area contributed by atoms with Crippen LogP contribution in [0.25, 0.3) is 0 Å². The van der Waals surface area contributed by atoms with E-state index in [1.807, 2.05) is 30.3 Å². The molecule has 0 spiro atoms. The Hall–Kier alpha value is -2.86. The minimum Gasteiger partial charge on any atom is -0.368 e. The molecule has 0 saturated carbocycles. The van der Waals surface area contributed by atoms with E-state index in [-0.39, 0.29) is 0 Å². The van der Waals surface area contributed by atoms with Crippen molar-refractivity contribution in [1.82, 2.24) is 15.2 Å². The highest BCUT2D eigenvalue weighted by atomic mass is 35.5. The summed E-state index contributed by atoms with van der Waals surface area (Å²) < 4.78 is 0. The lowest BCUT2D eigenvalue weighted by Gasteiger charge is -2.36. The minimum absolute atomic E-state index is 0.554. The number of rotatable bonds is 5. The van der Waals surface area contributed by atoms with E-state index >= 15 is 0 Å². The van der Waals surface area contributed by atoms with Crippen LogP contribution >= 0.6 is 11.6 Å². The first-order valence-electron chi connectivity index (χ1n) is 9.42. The second-order valence-electron chi connectivity index (χ2n) is 6.87. The van der Waals surface area contributed by atoms with Crippen LogP contribution in [0.15, 0.2) is 54.7 Å². The second kappa shape index (κ2) is 8.44. The summed E-state index contributed by atoms with van der Waals surface area (Å²) >= 11 is 6.12. The first-order valence-corrected chi connectivity index (χ1v) is 9.80. The highest BCUT2D eigenvalue weighted by molar-refractivity contribution is 6.30. The lowest BCUT2D eigenvalue weighted by atomic mass is 10.1. The predicted molar refractivity (Wildman–Crippen MR) is 114 cm³/mol. The summed E-state index contributed by atoms with van der Waals surface area (Å²) in [4.78, 5) is 9.24. The number of nitrogens with one attached hydrogen (secondary N) is 1. The molecule has 0 atom stereocenters. The van der Waals surface area contributed by atoms with Gasteiger partial charge in [0.25, 0.3) is 0 Å². The van der Waals surface area contributed by atoms with E-state index in [1.165, 1.54) is 11.1 Å². The zero-order chi connectivity index (χ0) is 19.3. The summed E-state index contributed by atoms with van der Waals surface area (Å²) in [5.41, 5.74) is 3.64. The van der Waals surface area contributed by atoms with Gasteiger partial charge in [-0.05, 0) is 36.2 Å². The molecule has 144 valence electrons. The van der Waals surface area contributed by atoms with Crippen molar-refractivity contribution in [2.75, 3.05) is 41.3 Å². The molecule has 0 aliphatic carbocycles. The fourth-order valence-corrected chi connectivity index (χ4v) is 3.56. The van der Waals surface area contributed by atoms with Crippen LogP contribution in [-0.2, 0) is 6.54 Å². The fraction of sp³-hybridized carbons (Fsp3) is 0.286. The molecule has 1 aliphatic rings. The number of piperazine rings is 1. The highest BCUT2D eigenvalue weighted by Gasteiger charge is 2.19. The lowest BCUT2D eigenvalue weighted by Crippen LogP contribution is -2.47. The maximum Gasteiger partial charge on any atom is 0.244 e. The summed E-state index contributed by atoms with van der Waals surface area (Å²) in [7, 11) is 0. The molecule has 2 aromatic carbocycles. The molecule has 1 aromatic heterocycles. The Morgan fingerprint density at radius 2 is 1.79 bits per heavy atom. The largest absolute Gasteiger partial charge is 0.368 e. The van der Waals surface area contributed by atoms with Gasteiger partial charge < -0.3 is 15.1 Å². The van der Waals surface area contributed by atoms with E-state index in [0.29, 0.717) is 12.5 Å². The van der Waals surface area contributed by atoms with Crippen molar-refractivity contribution in [2.24, 2.45) is 0 Å². The maximum absolute atomic E-state index is 6.12. The van der Waals surface area contributed by atoms with Crippen molar-refractivity contribution >= 4 is 29.1 Å². The number of anilines is 3. The fourth-order valence-electron chi connectivity index (χ4n) is 3.37. The molecule has 28 heavy (non-hydrogen) atoms. The summed E-state index contributed by atoms with van der Waals surface area (Å²) in [6.07, 6.45) is 1.73. The monoisotopic (exact) mass is 394 g/mol. The van der Waals surface area contributed by atoms with Gasteiger partial charge in [0.2, 0.25) is 5.95 Å². The lowest BCUT2D eigenvalue weighted by molar-refractivity contribution is 0.644. The molecule has 1 N–H and O–H groups in total. The normalized spacial score (nSPS) is 14.2. The Labute approximate surface area is 170 Å². The topological polar surface area (TPSA) is 57.2 Å². The van der Waals surface area contributed by atoms with Gasteiger partial charge >= 0.3 is 0 Å². The molecule has 7 heteroatoms. The smallest absolute Gasteiger partial charge is 0.244 e. The Morgan fingerprint density at radius 1 is 1.00 bits per heavy atom. The first kappa shape index (κ1) is 18.5. The van der Waals surface area contributed by atoms with Crippen molar-refractivity contribution in [3.05, 3.63) is 70.9 Å². The SMILES string of the molecule is Cc1ccccc1CNc1nncc(N2CCN(c3cccc(Cl)c3)CC2)n1. The standard InChI is InChI=1S/C21H23ClN6/c1-16-5-2-3-6-17(16)14-23-21-25-20(15-24-26-21)28-11-9-27(10-12-28)19-8-4-7-18(22)13-19/h2-8,13,15H,9-12,14H2,1H3,(H,23,25,26). The van der Waals surface area contributed by atoms with E-state index in [1.54, 1.807) is 6.20 Å². The van der Waals surface area contributed by atoms with Gasteiger partial charge in [-0.2, -0.15) is 10.1 Å². The van der Waals surface area contributed by atoms with Crippen LogP contribution in [0.4, 0.5) is 17.5 Å². The number of nitrogens with zero attached hydrogens (tertiary/aromatic N) is 5. The predicted octanol–water partition coefficient (Wildman–Crippen LogP) is 3.77. The first-order chi connectivity index (χ1) is 13.7. The van der Waals surface area contributed by atoms with Crippen LogP contribution in [0.3, 0.4) is 0 Å². The van der Waals surface area contributed by atoms with Crippen molar-refractivity contribution in [1.29, 1.82) is 0 Å². The molecule has 2 heterocycles. The van der Waals surface area contributed by atoms with E-state index < -0.39 is 0 Å². The third-order valence-electron chi connectivity index (χ3n) is 5.02. The number of hydrogen-bond acceptors (Lipinski definition) is 6. The molecule has 1 fully saturated rings. The Kier molecular flexibility index (Phi) is 5.58. The molecule has 1 aliphatic heterocycles. The number of halogens is 1. The number of aryl methyl sites for hydroxylation is 1. The zero-order valence-electron chi connectivity index (χ0n) is 15.8. The third-order valence-corrected chi connectivity index (χ3v) is 5.26. The van der Waals surface area contributed by atoms with Crippen LogP contribution < -0.4 is 15.1 Å². The van der Waals surface area contributed by atoms with Gasteiger partial charge in [0.05, 0.1) is 6.20 Å². The minimum atomic E-state index is 0.554. The van der Waals surface area contributed by atoms with E-state index in [2.05, 4.69) is 55.4 Å². The Balaban J connectivity index is 1.38. The van der Waals surface area contributed by atoms with Crippen molar-refractivity contribution in [3.63, 3.8) is 0 Å². The Morgan fingerprint density at radius 3 is 2.57 bits per heavy atom. The molecular weight excluding hydrogens is 372 g/mol. The summed E-state index contributed by atoms with van der Waals surface area (Å²) in [6.45, 7) is 6.36. The van der Waals surface area contributed by atoms with Crippen molar-refractivity contribution < 1.29 is 0 Å². The van der Waals surface area contributed by atoms with Crippen molar-refractivity contribution in [3.8, 4) is 0 Å². The molecular formula is C21H23ClN6. The molecule has 4 rings (SSSR count). The summed E-state index contributed by atoms with van der Waals surface area (Å²) in [5, 5.41) is 12.3. The summed E-state index contributed by atoms with van der Waals surface area (Å²) in [5.74, 6) is 1.41. The highest BCUT2D eigenvalue weighted by Crippen LogP contribution is 2.22. The Bertz CT molecular complexity index is 939. The molecule has 3 aromatic rings. The molecule has 0 amide bonds. The number of hydrogen-bond donors (Lipinski definition) is 1. The van der Waals surface area contributed by atoms with Gasteiger partial charge in [0.15, 0.2) is 5.82 Å². The van der Waals surface area contributed by atoms with Crippen LogP contribution in [0.5, 0.6) is 0 Å². The van der Waals surface area contributed by atoms with Gasteiger partial charge in [-0.25, -0.2) is 0 Å². The summed E-state index contributed by atoms with van der Waals surface area (Å²) in [6, 6.07) is 16.3. The van der Waals surface area contributed by atoms with E-state index in [0.717, 1.165) is 42.7 Å². The average Bonchev–Trinajstić information content (AvgIpc) is 2.73. The zero-order valence-corrected chi connectivity index (χ0v) is 16.6. The maximum atomic E-state index is 6.12. The number of aromatic nitrogens is 3. The quantitative estimate of drug-likeness (QED) is 0.710. The van der Waals surface area contributed by atoms with Gasteiger partial charge in [0.1, 0.15) is 0 Å². The molecule has 1 saturated heterocycles. The number of benzene rings is 2. The third kappa shape index (κ3) is 4.34. The molecule has 0 radical (unpaired) electrons. The molecule has 0 unspecified atom stereocenters. The van der Waals surface area contributed by atoms with Gasteiger partial charge in [-0.3, -0.25) is 0 Å². The van der Waals surface area contributed by atoms with E-state index in [9.17, 15) is 0 Å². The molecule has 6 nitrogen and oxygen atoms in total. The van der Waals surface area contributed by atoms with Crippen molar-refractivity contribution in [2.45, 2.75) is 13.5 Å². The van der Waals surface area contributed by atoms with Gasteiger partial charge in [-0.15, -0.1) is 5.10 Å². The van der Waals surface area contributed by atoms with Crippen LogP contribution in [-0.4, -0.2) is 41.4 Å².